The van der Waals surface area contributed by atoms with Crippen molar-refractivity contribution in [2.75, 3.05) is 5.32 Å². The number of anilines is 1. The number of nitrogens with zero attached hydrogens (tertiary/aromatic N) is 3. The fourth-order valence-electron chi connectivity index (χ4n) is 1.86. The van der Waals surface area contributed by atoms with Crippen molar-refractivity contribution in [1.29, 1.82) is 0 Å². The Morgan fingerprint density at radius 2 is 2.05 bits per heavy atom. The molecule has 0 aliphatic rings. The average Bonchev–Trinajstić information content (AvgIpc) is 3.02. The number of para-hydroxylation sites is 2. The second kappa shape index (κ2) is 5.41. The first-order valence-corrected chi connectivity index (χ1v) is 6.20. The van der Waals surface area contributed by atoms with E-state index in [1.54, 1.807) is 23.1 Å². The molecule has 0 aliphatic heterocycles. The van der Waals surface area contributed by atoms with Crippen LogP contribution in [0.1, 0.15) is 10.4 Å². The van der Waals surface area contributed by atoms with Crippen LogP contribution in [-0.2, 0) is 0 Å². The van der Waals surface area contributed by atoms with E-state index in [0.29, 0.717) is 16.9 Å². The molecular weight excluding hydrogens is 270 g/mol. The molecule has 2 N–H and O–H groups in total. The van der Waals surface area contributed by atoms with E-state index in [-0.39, 0.29) is 11.5 Å². The number of amides is 1. The Hall–Kier alpha value is -3.22. The van der Waals surface area contributed by atoms with Gasteiger partial charge in [0, 0.05) is 12.3 Å². The summed E-state index contributed by atoms with van der Waals surface area (Å²) in [5, 5.41) is 10.4. The second-order valence-electron chi connectivity index (χ2n) is 4.26. The molecule has 0 unspecified atom stereocenters. The van der Waals surface area contributed by atoms with E-state index in [4.69, 9.17) is 0 Å². The van der Waals surface area contributed by atoms with Gasteiger partial charge in [0.15, 0.2) is 0 Å². The number of aromatic nitrogens is 4. The van der Waals surface area contributed by atoms with Crippen molar-refractivity contribution in [2.45, 2.75) is 0 Å². The minimum atomic E-state index is -0.321. The Morgan fingerprint density at radius 3 is 2.76 bits per heavy atom. The summed E-state index contributed by atoms with van der Waals surface area (Å²) in [5.74, 6) is -0.321. The molecule has 0 fully saturated rings. The maximum atomic E-state index is 12.2. The van der Waals surface area contributed by atoms with Crippen LogP contribution in [0.4, 0.5) is 5.69 Å². The number of H-pyrrole nitrogens is 1. The van der Waals surface area contributed by atoms with Crippen molar-refractivity contribution in [3.63, 3.8) is 0 Å². The zero-order chi connectivity index (χ0) is 14.7. The average molecular weight is 281 g/mol. The topological polar surface area (TPSA) is 92.7 Å². The molecule has 104 valence electrons. The standard InChI is InChI=1S/C14H11N5O2/c20-13-6-5-10(9-15-13)14(21)17-11-3-1-2-4-12(11)19-8-7-16-18-19/h1-9H,(H,15,20)(H,17,21). The number of carbonyl (C=O) groups is 1. The van der Waals surface area contributed by atoms with E-state index in [2.05, 4.69) is 20.6 Å². The van der Waals surface area contributed by atoms with Gasteiger partial charge in [0.1, 0.15) is 0 Å². The Morgan fingerprint density at radius 1 is 1.19 bits per heavy atom. The SMILES string of the molecule is O=C(Nc1ccccc1-n1ccnn1)c1ccc(=O)[nH]c1. The van der Waals surface area contributed by atoms with Gasteiger partial charge < -0.3 is 10.3 Å². The van der Waals surface area contributed by atoms with Crippen LogP contribution < -0.4 is 10.9 Å². The van der Waals surface area contributed by atoms with Gasteiger partial charge in [0.05, 0.1) is 29.3 Å². The third-order valence-corrected chi connectivity index (χ3v) is 2.87. The predicted molar refractivity (Wildman–Crippen MR) is 76.4 cm³/mol. The van der Waals surface area contributed by atoms with Gasteiger partial charge >= 0.3 is 0 Å². The van der Waals surface area contributed by atoms with Crippen LogP contribution in [0.5, 0.6) is 0 Å². The molecule has 0 bridgehead atoms. The van der Waals surface area contributed by atoms with Crippen molar-refractivity contribution in [2.24, 2.45) is 0 Å². The number of nitrogens with one attached hydrogen (secondary N) is 2. The summed E-state index contributed by atoms with van der Waals surface area (Å²) in [4.78, 5) is 25.6. The number of hydrogen-bond donors (Lipinski definition) is 2. The quantitative estimate of drug-likeness (QED) is 0.754. The van der Waals surface area contributed by atoms with E-state index in [0.717, 1.165) is 0 Å². The van der Waals surface area contributed by atoms with Crippen molar-refractivity contribution < 1.29 is 4.79 Å². The summed E-state index contributed by atoms with van der Waals surface area (Å²) in [7, 11) is 0. The van der Waals surface area contributed by atoms with E-state index >= 15 is 0 Å². The lowest BCUT2D eigenvalue weighted by Gasteiger charge is -2.10. The molecule has 0 saturated heterocycles. The third-order valence-electron chi connectivity index (χ3n) is 2.87. The van der Waals surface area contributed by atoms with E-state index in [1.165, 1.54) is 18.3 Å². The largest absolute Gasteiger partial charge is 0.328 e. The molecule has 0 atom stereocenters. The second-order valence-corrected chi connectivity index (χ2v) is 4.26. The van der Waals surface area contributed by atoms with Crippen LogP contribution in [0.25, 0.3) is 5.69 Å². The zero-order valence-electron chi connectivity index (χ0n) is 10.9. The molecule has 7 heteroatoms. The Bertz CT molecular complexity index is 803. The summed E-state index contributed by atoms with van der Waals surface area (Å²) in [6.45, 7) is 0. The maximum Gasteiger partial charge on any atom is 0.257 e. The number of pyridine rings is 1. The molecule has 3 rings (SSSR count). The van der Waals surface area contributed by atoms with Crippen LogP contribution in [0, 0.1) is 0 Å². The molecule has 0 radical (unpaired) electrons. The molecule has 2 heterocycles. The van der Waals surface area contributed by atoms with Crippen molar-refractivity contribution >= 4 is 11.6 Å². The highest BCUT2D eigenvalue weighted by molar-refractivity contribution is 6.05. The van der Waals surface area contributed by atoms with E-state index in [1.807, 2.05) is 18.2 Å². The van der Waals surface area contributed by atoms with E-state index in [9.17, 15) is 9.59 Å². The van der Waals surface area contributed by atoms with Gasteiger partial charge in [-0.15, -0.1) is 5.10 Å². The van der Waals surface area contributed by atoms with Gasteiger partial charge in [-0.2, -0.15) is 0 Å². The van der Waals surface area contributed by atoms with Gasteiger partial charge in [-0.1, -0.05) is 17.3 Å². The lowest BCUT2D eigenvalue weighted by Crippen LogP contribution is -2.16. The molecular formula is C14H11N5O2. The van der Waals surface area contributed by atoms with Crippen LogP contribution >= 0.6 is 0 Å². The van der Waals surface area contributed by atoms with Gasteiger partial charge in [-0.3, -0.25) is 9.59 Å². The predicted octanol–water partition coefficient (Wildman–Crippen LogP) is 1.21. The highest BCUT2D eigenvalue weighted by Gasteiger charge is 2.10. The molecule has 0 saturated carbocycles. The van der Waals surface area contributed by atoms with Crippen LogP contribution in [-0.4, -0.2) is 25.9 Å². The third kappa shape index (κ3) is 2.71. The molecule has 0 spiro atoms. The molecule has 7 nitrogen and oxygen atoms in total. The maximum absolute atomic E-state index is 12.2. The van der Waals surface area contributed by atoms with Gasteiger partial charge in [0.25, 0.3) is 5.91 Å². The highest BCUT2D eigenvalue weighted by atomic mass is 16.1. The smallest absolute Gasteiger partial charge is 0.257 e. The van der Waals surface area contributed by atoms with Gasteiger partial charge in [0.2, 0.25) is 5.56 Å². The Kier molecular flexibility index (Phi) is 3.30. The fourth-order valence-corrected chi connectivity index (χ4v) is 1.86. The van der Waals surface area contributed by atoms with Gasteiger partial charge in [-0.05, 0) is 18.2 Å². The summed E-state index contributed by atoms with van der Waals surface area (Å²) in [5.41, 5.74) is 1.41. The first-order chi connectivity index (χ1) is 10.2. The lowest BCUT2D eigenvalue weighted by molar-refractivity contribution is 0.102. The number of aromatic amines is 1. The summed E-state index contributed by atoms with van der Waals surface area (Å²) < 4.78 is 1.56. The molecule has 2 aromatic heterocycles. The zero-order valence-corrected chi connectivity index (χ0v) is 10.9. The first kappa shape index (κ1) is 12.8. The van der Waals surface area contributed by atoms with Crippen molar-refractivity contribution in [3.05, 3.63) is 70.9 Å². The van der Waals surface area contributed by atoms with Gasteiger partial charge in [-0.25, -0.2) is 4.68 Å². The minimum absolute atomic E-state index is 0.255. The number of hydrogen-bond acceptors (Lipinski definition) is 4. The summed E-state index contributed by atoms with van der Waals surface area (Å²) in [6.07, 6.45) is 4.61. The fraction of sp³-hybridized carbons (Fsp3) is 0. The highest BCUT2D eigenvalue weighted by Crippen LogP contribution is 2.19. The number of rotatable bonds is 3. The number of carbonyl (C=O) groups excluding carboxylic acids is 1. The lowest BCUT2D eigenvalue weighted by atomic mass is 10.2. The molecule has 1 aromatic carbocycles. The van der Waals surface area contributed by atoms with Crippen molar-refractivity contribution in [1.82, 2.24) is 20.0 Å². The van der Waals surface area contributed by atoms with Crippen LogP contribution in [0.3, 0.4) is 0 Å². The molecule has 1 amide bonds. The minimum Gasteiger partial charge on any atom is -0.328 e. The van der Waals surface area contributed by atoms with Crippen LogP contribution in [0.15, 0.2) is 59.8 Å². The first-order valence-electron chi connectivity index (χ1n) is 6.20. The molecule has 0 aliphatic carbocycles. The Labute approximate surface area is 119 Å². The van der Waals surface area contributed by atoms with Crippen molar-refractivity contribution in [3.8, 4) is 5.69 Å². The van der Waals surface area contributed by atoms with E-state index < -0.39 is 0 Å². The molecule has 3 aromatic rings. The Balaban J connectivity index is 1.90. The molecule has 21 heavy (non-hydrogen) atoms. The number of benzene rings is 1. The summed E-state index contributed by atoms with van der Waals surface area (Å²) >= 11 is 0. The summed E-state index contributed by atoms with van der Waals surface area (Å²) in [6, 6.07) is 10.00. The monoisotopic (exact) mass is 281 g/mol. The van der Waals surface area contributed by atoms with Crippen LogP contribution in [0.2, 0.25) is 0 Å². The normalized spacial score (nSPS) is 10.3.